The quantitative estimate of drug-likeness (QED) is 0.569. The second-order valence-corrected chi connectivity index (χ2v) is 8.85. The standard InChI is InChI=1S/C22H35BO8/c1-21(2)22(3,4)31-23(30-21)14-10-9-11-15(12-14)28-13-16-17(24-5)18(25-6)19(26-7)20(27-8)29-16/h9-12,16-20H,13H2,1-8H3/t16-,17?,18?,19?,20?/m0/s1. The molecule has 8 nitrogen and oxygen atoms in total. The van der Waals surface area contributed by atoms with E-state index in [1.54, 1.807) is 28.4 Å². The first-order chi connectivity index (χ1) is 14.7. The zero-order valence-electron chi connectivity index (χ0n) is 19.7. The van der Waals surface area contributed by atoms with Crippen LogP contribution < -0.4 is 10.2 Å². The van der Waals surface area contributed by atoms with Crippen LogP contribution in [0.2, 0.25) is 0 Å². The molecule has 4 unspecified atom stereocenters. The number of hydrogen-bond acceptors (Lipinski definition) is 8. The highest BCUT2D eigenvalue weighted by Crippen LogP contribution is 2.36. The molecule has 5 atom stereocenters. The van der Waals surface area contributed by atoms with Gasteiger partial charge < -0.3 is 37.7 Å². The zero-order chi connectivity index (χ0) is 22.8. The summed E-state index contributed by atoms with van der Waals surface area (Å²) in [6, 6.07) is 7.70. The van der Waals surface area contributed by atoms with Crippen molar-refractivity contribution in [1.29, 1.82) is 0 Å². The second kappa shape index (κ2) is 9.74. The minimum absolute atomic E-state index is 0.251. The van der Waals surface area contributed by atoms with Crippen molar-refractivity contribution in [3.63, 3.8) is 0 Å². The third-order valence-corrected chi connectivity index (χ3v) is 6.44. The minimum Gasteiger partial charge on any atom is -0.491 e. The molecule has 9 heteroatoms. The number of hydrogen-bond donors (Lipinski definition) is 0. The predicted molar refractivity (Wildman–Crippen MR) is 116 cm³/mol. The lowest BCUT2D eigenvalue weighted by atomic mass is 9.79. The van der Waals surface area contributed by atoms with Gasteiger partial charge in [-0.05, 0) is 45.3 Å². The van der Waals surface area contributed by atoms with Gasteiger partial charge in [-0.25, -0.2) is 0 Å². The van der Waals surface area contributed by atoms with Crippen LogP contribution in [0.25, 0.3) is 0 Å². The topological polar surface area (TPSA) is 73.8 Å². The van der Waals surface area contributed by atoms with E-state index in [4.69, 9.17) is 37.7 Å². The summed E-state index contributed by atoms with van der Waals surface area (Å²) in [4.78, 5) is 0. The first-order valence-corrected chi connectivity index (χ1v) is 10.5. The molecule has 0 spiro atoms. The fourth-order valence-corrected chi connectivity index (χ4v) is 3.91. The van der Waals surface area contributed by atoms with Crippen LogP contribution in [0, 0.1) is 0 Å². The molecular weight excluding hydrogens is 403 g/mol. The highest BCUT2D eigenvalue weighted by molar-refractivity contribution is 6.62. The maximum atomic E-state index is 6.15. The van der Waals surface area contributed by atoms with E-state index in [2.05, 4.69) is 0 Å². The number of benzene rings is 1. The molecule has 3 rings (SSSR count). The summed E-state index contributed by atoms with van der Waals surface area (Å²) in [5.74, 6) is 0.683. The largest absolute Gasteiger partial charge is 0.494 e. The van der Waals surface area contributed by atoms with Gasteiger partial charge >= 0.3 is 7.12 Å². The van der Waals surface area contributed by atoms with Gasteiger partial charge in [0.15, 0.2) is 6.29 Å². The molecule has 174 valence electrons. The lowest BCUT2D eigenvalue weighted by Gasteiger charge is -2.44. The maximum Gasteiger partial charge on any atom is 0.494 e. The van der Waals surface area contributed by atoms with E-state index in [0.29, 0.717) is 5.75 Å². The molecule has 0 amide bonds. The lowest BCUT2D eigenvalue weighted by Crippen LogP contribution is -2.61. The molecular formula is C22H35BO8. The summed E-state index contributed by atoms with van der Waals surface area (Å²) < 4.78 is 46.7. The van der Waals surface area contributed by atoms with Crippen LogP contribution in [0.1, 0.15) is 27.7 Å². The molecule has 2 aliphatic rings. The average Bonchev–Trinajstić information content (AvgIpc) is 2.97. The molecule has 0 aromatic heterocycles. The van der Waals surface area contributed by atoms with Crippen LogP contribution in [-0.4, -0.2) is 84.1 Å². The highest BCUT2D eigenvalue weighted by atomic mass is 16.7. The first kappa shape index (κ1) is 24.4. The van der Waals surface area contributed by atoms with Crippen LogP contribution >= 0.6 is 0 Å². The van der Waals surface area contributed by atoms with Crippen molar-refractivity contribution < 1.29 is 37.7 Å². The van der Waals surface area contributed by atoms with Crippen molar-refractivity contribution in [2.45, 2.75) is 69.6 Å². The fourth-order valence-electron chi connectivity index (χ4n) is 3.91. The van der Waals surface area contributed by atoms with Crippen LogP contribution in [0.4, 0.5) is 0 Å². The van der Waals surface area contributed by atoms with E-state index in [0.717, 1.165) is 5.46 Å². The SMILES string of the molecule is COC1O[C@@H](COc2cccc(B3OC(C)(C)C(C)(C)O3)c2)C(OC)C(OC)C1OC. The van der Waals surface area contributed by atoms with Crippen molar-refractivity contribution in [1.82, 2.24) is 0 Å². The van der Waals surface area contributed by atoms with Gasteiger partial charge in [-0.1, -0.05) is 12.1 Å². The Bertz CT molecular complexity index is 711. The third kappa shape index (κ3) is 4.93. The van der Waals surface area contributed by atoms with E-state index in [1.165, 1.54) is 0 Å². The van der Waals surface area contributed by atoms with Gasteiger partial charge in [0.05, 0.1) is 11.2 Å². The highest BCUT2D eigenvalue weighted by Gasteiger charge is 2.52. The monoisotopic (exact) mass is 438 g/mol. The fraction of sp³-hybridized carbons (Fsp3) is 0.727. The Balaban J connectivity index is 1.70. The number of methoxy groups -OCH3 is 4. The van der Waals surface area contributed by atoms with E-state index >= 15 is 0 Å². The Hall–Kier alpha value is -1.20. The number of ether oxygens (including phenoxy) is 6. The number of rotatable bonds is 8. The van der Waals surface area contributed by atoms with Crippen molar-refractivity contribution >= 4 is 12.6 Å². The molecule has 0 saturated carbocycles. The van der Waals surface area contributed by atoms with Gasteiger partial charge in [-0.15, -0.1) is 0 Å². The van der Waals surface area contributed by atoms with Gasteiger partial charge in [-0.2, -0.15) is 0 Å². The molecule has 2 heterocycles. The molecule has 1 aromatic carbocycles. The Kier molecular flexibility index (Phi) is 7.68. The summed E-state index contributed by atoms with van der Waals surface area (Å²) in [5.41, 5.74) is 0.0875. The smallest absolute Gasteiger partial charge is 0.491 e. The Morgan fingerprint density at radius 3 is 2.00 bits per heavy atom. The summed E-state index contributed by atoms with van der Waals surface area (Å²) in [7, 11) is 5.95. The molecule has 2 fully saturated rings. The van der Waals surface area contributed by atoms with Gasteiger partial charge in [0.2, 0.25) is 0 Å². The van der Waals surface area contributed by atoms with Gasteiger partial charge in [-0.3, -0.25) is 0 Å². The van der Waals surface area contributed by atoms with Gasteiger partial charge in [0.1, 0.15) is 36.8 Å². The predicted octanol–water partition coefficient (Wildman–Crippen LogP) is 1.78. The minimum atomic E-state index is -0.592. The van der Waals surface area contributed by atoms with Crippen LogP contribution in [0.5, 0.6) is 5.75 Å². The van der Waals surface area contributed by atoms with Crippen molar-refractivity contribution in [2.24, 2.45) is 0 Å². The van der Waals surface area contributed by atoms with E-state index in [1.807, 2.05) is 52.0 Å². The molecule has 1 aromatic rings. The van der Waals surface area contributed by atoms with Crippen LogP contribution in [0.15, 0.2) is 24.3 Å². The molecule has 2 saturated heterocycles. The molecule has 2 aliphatic heterocycles. The summed E-state index contributed by atoms with van der Waals surface area (Å²) in [6.45, 7) is 8.38. The van der Waals surface area contributed by atoms with Crippen LogP contribution in [-0.2, 0) is 33.0 Å². The average molecular weight is 438 g/mol. The normalized spacial score (nSPS) is 32.3. The van der Waals surface area contributed by atoms with E-state index < -0.39 is 36.8 Å². The Labute approximate surface area is 185 Å². The van der Waals surface area contributed by atoms with Gasteiger partial charge in [0.25, 0.3) is 0 Å². The summed E-state index contributed by atoms with van der Waals surface area (Å²) >= 11 is 0. The lowest BCUT2D eigenvalue weighted by molar-refractivity contribution is -0.305. The molecule has 0 radical (unpaired) electrons. The second-order valence-electron chi connectivity index (χ2n) is 8.85. The maximum absolute atomic E-state index is 6.15. The molecule has 0 aliphatic carbocycles. The van der Waals surface area contributed by atoms with Gasteiger partial charge in [0, 0.05) is 28.4 Å². The molecule has 0 bridgehead atoms. The van der Waals surface area contributed by atoms with Crippen LogP contribution in [0.3, 0.4) is 0 Å². The van der Waals surface area contributed by atoms with E-state index in [9.17, 15) is 0 Å². The van der Waals surface area contributed by atoms with Crippen molar-refractivity contribution in [3.8, 4) is 5.75 Å². The summed E-state index contributed by atoms with van der Waals surface area (Å²) in [5, 5.41) is 0. The summed E-state index contributed by atoms with van der Waals surface area (Å²) in [6.07, 6.45) is -2.16. The Morgan fingerprint density at radius 2 is 1.45 bits per heavy atom. The van der Waals surface area contributed by atoms with Crippen molar-refractivity contribution in [3.05, 3.63) is 24.3 Å². The van der Waals surface area contributed by atoms with Crippen molar-refractivity contribution in [2.75, 3.05) is 35.0 Å². The zero-order valence-corrected chi connectivity index (χ0v) is 19.7. The Morgan fingerprint density at radius 1 is 0.839 bits per heavy atom. The first-order valence-electron chi connectivity index (χ1n) is 10.5. The molecule has 31 heavy (non-hydrogen) atoms. The molecule has 0 N–H and O–H groups in total. The third-order valence-electron chi connectivity index (χ3n) is 6.44. The van der Waals surface area contributed by atoms with E-state index in [-0.39, 0.29) is 18.8 Å².